The van der Waals surface area contributed by atoms with Crippen molar-refractivity contribution in [1.29, 1.82) is 0 Å². The van der Waals surface area contributed by atoms with E-state index < -0.39 is 0 Å². The van der Waals surface area contributed by atoms with Crippen molar-refractivity contribution in [1.82, 2.24) is 0 Å². The molecule has 0 aliphatic heterocycles. The van der Waals surface area contributed by atoms with Gasteiger partial charge in [0.1, 0.15) is 0 Å². The van der Waals surface area contributed by atoms with Crippen LogP contribution in [0.1, 0.15) is 110 Å². The topological polar surface area (TPSA) is 26.3 Å². The summed E-state index contributed by atoms with van der Waals surface area (Å²) in [6, 6.07) is 0. The lowest BCUT2D eigenvalue weighted by Gasteiger charge is -2.07. The maximum atomic E-state index is 11.9. The largest absolute Gasteiger partial charge is 0.463 e. The maximum absolute atomic E-state index is 11.9. The summed E-state index contributed by atoms with van der Waals surface area (Å²) in [7, 11) is 0. The molecule has 0 radical (unpaired) electrons. The van der Waals surface area contributed by atoms with Gasteiger partial charge in [0, 0.05) is 11.4 Å². The molecular formula is C22H41BrO2. The highest BCUT2D eigenvalue weighted by molar-refractivity contribution is 9.09. The summed E-state index contributed by atoms with van der Waals surface area (Å²) in [5, 5.41) is 1.06. The molecule has 0 atom stereocenters. The van der Waals surface area contributed by atoms with Gasteiger partial charge in [-0.05, 0) is 32.1 Å². The standard InChI is InChI=1S/C22H41BrO2/c1-3-5-6-7-8-9-10-13-17-21(16-4-2)20-22(24)25-19-15-12-11-14-18-23/h20H,3-19H2,1-2H3/b21-20+. The molecule has 0 aliphatic rings. The first-order chi connectivity index (χ1) is 12.2. The minimum Gasteiger partial charge on any atom is -0.463 e. The van der Waals surface area contributed by atoms with Crippen LogP contribution in [0.25, 0.3) is 0 Å². The summed E-state index contributed by atoms with van der Waals surface area (Å²) in [4.78, 5) is 11.9. The molecule has 148 valence electrons. The van der Waals surface area contributed by atoms with Crippen LogP contribution in [0.4, 0.5) is 0 Å². The smallest absolute Gasteiger partial charge is 0.330 e. The lowest BCUT2D eigenvalue weighted by atomic mass is 10.0. The molecule has 0 saturated carbocycles. The number of hydrogen-bond donors (Lipinski definition) is 0. The van der Waals surface area contributed by atoms with Crippen molar-refractivity contribution in [2.45, 2.75) is 110 Å². The first-order valence-corrected chi connectivity index (χ1v) is 11.8. The fraction of sp³-hybridized carbons (Fsp3) is 0.864. The first kappa shape index (κ1) is 24.7. The van der Waals surface area contributed by atoms with Crippen LogP contribution in [0, 0.1) is 0 Å². The number of rotatable bonds is 18. The molecule has 2 nitrogen and oxygen atoms in total. The summed E-state index contributed by atoms with van der Waals surface area (Å²) in [6.07, 6.45) is 20.1. The van der Waals surface area contributed by atoms with Gasteiger partial charge in [0.05, 0.1) is 6.61 Å². The number of ether oxygens (including phenoxy) is 1. The lowest BCUT2D eigenvalue weighted by molar-refractivity contribution is -0.137. The van der Waals surface area contributed by atoms with Crippen LogP contribution in [0.5, 0.6) is 0 Å². The normalized spacial score (nSPS) is 11.7. The van der Waals surface area contributed by atoms with Gasteiger partial charge in [0.15, 0.2) is 0 Å². The monoisotopic (exact) mass is 416 g/mol. The van der Waals surface area contributed by atoms with E-state index in [-0.39, 0.29) is 5.97 Å². The van der Waals surface area contributed by atoms with Crippen molar-refractivity contribution in [3.8, 4) is 0 Å². The zero-order valence-corrected chi connectivity index (χ0v) is 18.4. The third-order valence-electron chi connectivity index (χ3n) is 4.52. The summed E-state index contributed by atoms with van der Waals surface area (Å²) < 4.78 is 5.35. The predicted molar refractivity (Wildman–Crippen MR) is 113 cm³/mol. The van der Waals surface area contributed by atoms with Crippen LogP contribution in [-0.2, 0) is 9.53 Å². The van der Waals surface area contributed by atoms with Gasteiger partial charge in [-0.15, -0.1) is 0 Å². The Morgan fingerprint density at radius 2 is 1.36 bits per heavy atom. The predicted octanol–water partition coefficient (Wildman–Crippen LogP) is 7.74. The van der Waals surface area contributed by atoms with Crippen molar-refractivity contribution in [2.24, 2.45) is 0 Å². The number of halogens is 1. The van der Waals surface area contributed by atoms with Crippen LogP contribution in [-0.4, -0.2) is 17.9 Å². The molecule has 0 fully saturated rings. The second-order valence-electron chi connectivity index (χ2n) is 7.05. The van der Waals surface area contributed by atoms with Crippen molar-refractivity contribution in [2.75, 3.05) is 11.9 Å². The Morgan fingerprint density at radius 1 is 0.760 bits per heavy atom. The highest BCUT2D eigenvalue weighted by Gasteiger charge is 2.03. The molecule has 0 bridgehead atoms. The molecule has 0 aromatic carbocycles. The second-order valence-corrected chi connectivity index (χ2v) is 7.84. The number of allylic oxidation sites excluding steroid dienone is 1. The number of alkyl halides is 1. The van der Waals surface area contributed by atoms with Gasteiger partial charge in [0.25, 0.3) is 0 Å². The van der Waals surface area contributed by atoms with Gasteiger partial charge in [-0.3, -0.25) is 0 Å². The van der Waals surface area contributed by atoms with Gasteiger partial charge >= 0.3 is 5.97 Å². The summed E-state index contributed by atoms with van der Waals surface area (Å²) in [5.74, 6) is -0.136. The second kappa shape index (κ2) is 20.0. The number of unbranched alkanes of at least 4 members (excludes halogenated alkanes) is 10. The molecule has 0 aromatic heterocycles. The van der Waals surface area contributed by atoms with E-state index in [1.54, 1.807) is 6.08 Å². The maximum Gasteiger partial charge on any atom is 0.330 e. The third-order valence-corrected chi connectivity index (χ3v) is 5.08. The molecule has 0 saturated heterocycles. The van der Waals surface area contributed by atoms with Crippen molar-refractivity contribution in [3.05, 3.63) is 11.6 Å². The van der Waals surface area contributed by atoms with E-state index in [0.717, 1.165) is 37.4 Å². The van der Waals surface area contributed by atoms with Gasteiger partial charge in [0.2, 0.25) is 0 Å². The van der Waals surface area contributed by atoms with Crippen LogP contribution in [0.15, 0.2) is 11.6 Å². The fourth-order valence-corrected chi connectivity index (χ4v) is 3.40. The van der Waals surface area contributed by atoms with Crippen molar-refractivity contribution < 1.29 is 9.53 Å². The van der Waals surface area contributed by atoms with Crippen LogP contribution >= 0.6 is 15.9 Å². The van der Waals surface area contributed by atoms with Gasteiger partial charge in [-0.25, -0.2) is 4.79 Å². The number of carbonyl (C=O) groups is 1. The number of carbonyl (C=O) groups excluding carboxylic acids is 1. The Morgan fingerprint density at radius 3 is 2.00 bits per heavy atom. The summed E-state index contributed by atoms with van der Waals surface area (Å²) >= 11 is 3.43. The van der Waals surface area contributed by atoms with Crippen LogP contribution in [0.2, 0.25) is 0 Å². The number of esters is 1. The Labute approximate surface area is 165 Å². The lowest BCUT2D eigenvalue weighted by Crippen LogP contribution is -2.04. The van der Waals surface area contributed by atoms with E-state index in [0.29, 0.717) is 6.61 Å². The molecule has 0 aliphatic carbocycles. The van der Waals surface area contributed by atoms with Crippen molar-refractivity contribution in [3.63, 3.8) is 0 Å². The van der Waals surface area contributed by atoms with E-state index in [2.05, 4.69) is 29.8 Å². The van der Waals surface area contributed by atoms with Crippen LogP contribution < -0.4 is 0 Å². The third kappa shape index (κ3) is 18.3. The molecule has 0 heterocycles. The summed E-state index contributed by atoms with van der Waals surface area (Å²) in [5.41, 5.74) is 1.28. The average Bonchev–Trinajstić information content (AvgIpc) is 2.60. The minimum atomic E-state index is -0.136. The van der Waals surface area contributed by atoms with Gasteiger partial charge in [-0.2, -0.15) is 0 Å². The molecule has 0 aromatic rings. The highest BCUT2D eigenvalue weighted by Crippen LogP contribution is 2.16. The zero-order valence-electron chi connectivity index (χ0n) is 16.8. The molecule has 0 spiro atoms. The molecular weight excluding hydrogens is 376 g/mol. The Bertz CT molecular complexity index is 326. The van der Waals surface area contributed by atoms with Gasteiger partial charge < -0.3 is 4.74 Å². The minimum absolute atomic E-state index is 0.136. The Balaban J connectivity index is 3.81. The van der Waals surface area contributed by atoms with E-state index >= 15 is 0 Å². The Hall–Kier alpha value is -0.310. The van der Waals surface area contributed by atoms with Crippen molar-refractivity contribution >= 4 is 21.9 Å². The quantitative estimate of drug-likeness (QED) is 0.0986. The fourth-order valence-electron chi connectivity index (χ4n) is 3.01. The van der Waals surface area contributed by atoms with E-state index in [1.807, 2.05) is 0 Å². The zero-order chi connectivity index (χ0) is 18.6. The summed E-state index contributed by atoms with van der Waals surface area (Å²) in [6.45, 7) is 5.00. The molecule has 0 amide bonds. The highest BCUT2D eigenvalue weighted by atomic mass is 79.9. The van der Waals surface area contributed by atoms with E-state index in [9.17, 15) is 4.79 Å². The Kier molecular flexibility index (Phi) is 19.8. The molecule has 0 unspecified atom stereocenters. The molecule has 0 rings (SSSR count). The molecule has 0 N–H and O–H groups in total. The van der Waals surface area contributed by atoms with E-state index in [4.69, 9.17) is 4.74 Å². The number of hydrogen-bond acceptors (Lipinski definition) is 2. The molecule has 25 heavy (non-hydrogen) atoms. The van der Waals surface area contributed by atoms with E-state index in [1.165, 1.54) is 69.8 Å². The molecule has 3 heteroatoms. The SMILES string of the molecule is CCCCCCCCCC/C(=C/C(=O)OCCCCCCBr)CCC. The van der Waals surface area contributed by atoms with Crippen LogP contribution in [0.3, 0.4) is 0 Å². The van der Waals surface area contributed by atoms with Gasteiger partial charge in [-0.1, -0.05) is 99.6 Å². The first-order valence-electron chi connectivity index (χ1n) is 10.7. The average molecular weight is 417 g/mol.